The first kappa shape index (κ1) is 24.2. The van der Waals surface area contributed by atoms with Crippen LogP contribution in [0.2, 0.25) is 0 Å². The van der Waals surface area contributed by atoms with Gasteiger partial charge in [0, 0.05) is 37.9 Å². The van der Waals surface area contributed by atoms with E-state index in [-0.39, 0.29) is 29.4 Å². The molecule has 32 heavy (non-hydrogen) atoms. The summed E-state index contributed by atoms with van der Waals surface area (Å²) in [5, 5.41) is 15.4. The molecule has 4 rings (SSSR count). The summed E-state index contributed by atoms with van der Waals surface area (Å²) in [6.45, 7) is 5.58. The largest absolute Gasteiger partial charge is 0.497 e. The number of guanidine groups is 1. The first-order valence-corrected chi connectivity index (χ1v) is 10.8. The van der Waals surface area contributed by atoms with Crippen LogP contribution >= 0.6 is 24.0 Å². The average molecular weight is 550 g/mol. The first-order valence-electron chi connectivity index (χ1n) is 10.8. The third-order valence-corrected chi connectivity index (χ3v) is 5.85. The Morgan fingerprint density at radius 3 is 2.62 bits per heavy atom. The zero-order chi connectivity index (χ0) is 21.5. The number of fused-ring (bicyclic) bond motifs is 1. The molecule has 1 aliphatic rings. The molecule has 1 aliphatic heterocycles. The molecule has 0 atom stereocenters. The van der Waals surface area contributed by atoms with Crippen LogP contribution in [0.4, 0.5) is 0 Å². The van der Waals surface area contributed by atoms with E-state index in [1.54, 1.807) is 7.11 Å². The maximum Gasteiger partial charge on any atom is 0.191 e. The molecular weight excluding hydrogens is 519 g/mol. The molecule has 0 radical (unpaired) electrons. The van der Waals surface area contributed by atoms with Gasteiger partial charge in [0.25, 0.3) is 0 Å². The Balaban J connectivity index is 0.00000289. The molecule has 2 aromatic heterocycles. The Labute approximate surface area is 205 Å². The van der Waals surface area contributed by atoms with Gasteiger partial charge in [-0.05, 0) is 49.6 Å². The van der Waals surface area contributed by atoms with E-state index in [0.29, 0.717) is 6.54 Å². The highest BCUT2D eigenvalue weighted by atomic mass is 127. The summed E-state index contributed by atoms with van der Waals surface area (Å²) in [7, 11) is 1.69. The van der Waals surface area contributed by atoms with Crippen LogP contribution in [-0.4, -0.2) is 54.0 Å². The minimum atomic E-state index is -0.0116. The molecular formula is C23H31IN6O2. The van der Waals surface area contributed by atoms with Crippen molar-refractivity contribution < 1.29 is 9.47 Å². The number of pyridine rings is 1. The molecule has 0 bridgehead atoms. The Morgan fingerprint density at radius 1 is 1.12 bits per heavy atom. The predicted octanol–water partition coefficient (Wildman–Crippen LogP) is 3.16. The fraction of sp³-hybridized carbons (Fsp3) is 0.435. The van der Waals surface area contributed by atoms with E-state index in [1.165, 1.54) is 5.56 Å². The number of aromatic nitrogens is 3. The van der Waals surface area contributed by atoms with Crippen molar-refractivity contribution in [1.29, 1.82) is 0 Å². The van der Waals surface area contributed by atoms with Crippen LogP contribution in [-0.2, 0) is 16.7 Å². The average Bonchev–Trinajstić information content (AvgIpc) is 3.25. The van der Waals surface area contributed by atoms with Gasteiger partial charge in [-0.3, -0.25) is 4.40 Å². The van der Waals surface area contributed by atoms with E-state index in [9.17, 15) is 0 Å². The van der Waals surface area contributed by atoms with Crippen molar-refractivity contribution in [3.8, 4) is 5.75 Å². The van der Waals surface area contributed by atoms with Gasteiger partial charge in [-0.1, -0.05) is 18.2 Å². The summed E-state index contributed by atoms with van der Waals surface area (Å²) < 4.78 is 13.0. The molecule has 3 aromatic rings. The Morgan fingerprint density at radius 2 is 1.91 bits per heavy atom. The Hall–Kier alpha value is -2.40. The van der Waals surface area contributed by atoms with Crippen molar-refractivity contribution in [3.05, 3.63) is 60.0 Å². The maximum absolute atomic E-state index is 5.67. The monoisotopic (exact) mass is 550 g/mol. The van der Waals surface area contributed by atoms with E-state index in [1.807, 2.05) is 40.9 Å². The van der Waals surface area contributed by atoms with Crippen LogP contribution in [0.25, 0.3) is 5.65 Å². The predicted molar refractivity (Wildman–Crippen MR) is 136 cm³/mol. The molecule has 0 spiro atoms. The molecule has 1 aromatic carbocycles. The smallest absolute Gasteiger partial charge is 0.191 e. The number of ether oxygens (including phenoxy) is 2. The van der Waals surface area contributed by atoms with Crippen molar-refractivity contribution in [2.45, 2.75) is 31.7 Å². The highest BCUT2D eigenvalue weighted by Crippen LogP contribution is 2.35. The summed E-state index contributed by atoms with van der Waals surface area (Å²) >= 11 is 0. The van der Waals surface area contributed by atoms with E-state index >= 15 is 0 Å². The van der Waals surface area contributed by atoms with Crippen LogP contribution < -0.4 is 15.4 Å². The Bertz CT molecular complexity index is 1010. The van der Waals surface area contributed by atoms with E-state index < -0.39 is 0 Å². The zero-order valence-electron chi connectivity index (χ0n) is 18.6. The van der Waals surface area contributed by atoms with Crippen LogP contribution in [0, 0.1) is 0 Å². The molecule has 2 N–H and O–H groups in total. The molecule has 0 saturated carbocycles. The van der Waals surface area contributed by atoms with Crippen LogP contribution in [0.1, 0.15) is 31.2 Å². The molecule has 9 heteroatoms. The van der Waals surface area contributed by atoms with Gasteiger partial charge < -0.3 is 20.1 Å². The third kappa shape index (κ3) is 5.50. The fourth-order valence-electron chi connectivity index (χ4n) is 4.02. The van der Waals surface area contributed by atoms with Crippen LogP contribution in [0.15, 0.2) is 53.7 Å². The standard InChI is InChI=1S/C23H30N6O2.HI/c1-3-24-22(25-16-21-28-27-20-6-4-5-13-29(20)21)26-17-23(11-14-31-15-12-23)18-7-9-19(30-2)10-8-18;/h4-10,13H,3,11-12,14-17H2,1-2H3,(H2,24,25,26);1H. The normalized spacial score (nSPS) is 15.8. The summed E-state index contributed by atoms with van der Waals surface area (Å²) in [5.41, 5.74) is 2.11. The number of aliphatic imine (C=N–C) groups is 1. The molecule has 0 amide bonds. The van der Waals surface area contributed by atoms with Crippen molar-refractivity contribution in [1.82, 2.24) is 25.2 Å². The lowest BCUT2D eigenvalue weighted by atomic mass is 9.74. The quantitative estimate of drug-likeness (QED) is 0.267. The van der Waals surface area contributed by atoms with Crippen molar-refractivity contribution in [2.75, 3.05) is 33.4 Å². The molecule has 1 fully saturated rings. The van der Waals surface area contributed by atoms with E-state index in [4.69, 9.17) is 14.5 Å². The number of halogens is 1. The number of nitrogens with one attached hydrogen (secondary N) is 2. The van der Waals surface area contributed by atoms with Crippen molar-refractivity contribution in [3.63, 3.8) is 0 Å². The number of benzene rings is 1. The number of hydrogen-bond donors (Lipinski definition) is 2. The minimum absolute atomic E-state index is 0. The second-order valence-corrected chi connectivity index (χ2v) is 7.71. The SMILES string of the molecule is CCNC(=NCc1nnc2ccccn12)NCC1(c2ccc(OC)cc2)CCOCC1.I. The third-order valence-electron chi connectivity index (χ3n) is 5.85. The van der Waals surface area contributed by atoms with Crippen LogP contribution in [0.5, 0.6) is 5.75 Å². The van der Waals surface area contributed by atoms with Crippen molar-refractivity contribution in [2.24, 2.45) is 4.99 Å². The van der Waals surface area contributed by atoms with Crippen LogP contribution in [0.3, 0.4) is 0 Å². The number of nitrogens with zero attached hydrogens (tertiary/aromatic N) is 4. The van der Waals surface area contributed by atoms with Gasteiger partial charge in [0.05, 0.1) is 7.11 Å². The van der Waals surface area contributed by atoms with E-state index in [0.717, 1.165) is 62.3 Å². The summed E-state index contributed by atoms with van der Waals surface area (Å²) in [6.07, 6.45) is 3.88. The van der Waals surface area contributed by atoms with Gasteiger partial charge in [-0.2, -0.15) is 0 Å². The Kier molecular flexibility index (Phi) is 8.68. The molecule has 3 heterocycles. The lowest BCUT2D eigenvalue weighted by molar-refractivity contribution is 0.0513. The number of rotatable bonds is 7. The van der Waals surface area contributed by atoms with Gasteiger partial charge in [-0.25, -0.2) is 4.99 Å². The van der Waals surface area contributed by atoms with E-state index in [2.05, 4.69) is 39.9 Å². The van der Waals surface area contributed by atoms with Gasteiger partial charge in [-0.15, -0.1) is 34.2 Å². The summed E-state index contributed by atoms with van der Waals surface area (Å²) in [5.74, 6) is 2.45. The molecule has 8 nitrogen and oxygen atoms in total. The van der Waals surface area contributed by atoms with Gasteiger partial charge in [0.1, 0.15) is 12.3 Å². The zero-order valence-corrected chi connectivity index (χ0v) is 20.9. The van der Waals surface area contributed by atoms with Crippen molar-refractivity contribution >= 4 is 35.6 Å². The minimum Gasteiger partial charge on any atom is -0.497 e. The lowest BCUT2D eigenvalue weighted by Crippen LogP contribution is -2.48. The molecule has 0 aliphatic carbocycles. The maximum atomic E-state index is 5.67. The van der Waals surface area contributed by atoms with Gasteiger partial charge in [0.15, 0.2) is 17.4 Å². The lowest BCUT2D eigenvalue weighted by Gasteiger charge is -2.38. The fourth-order valence-corrected chi connectivity index (χ4v) is 4.02. The van der Waals surface area contributed by atoms with Gasteiger partial charge in [0.2, 0.25) is 0 Å². The number of methoxy groups -OCH3 is 1. The second kappa shape index (κ2) is 11.5. The summed E-state index contributed by atoms with van der Waals surface area (Å²) in [4.78, 5) is 4.76. The molecule has 172 valence electrons. The highest BCUT2D eigenvalue weighted by Gasteiger charge is 2.34. The van der Waals surface area contributed by atoms with Gasteiger partial charge >= 0.3 is 0 Å². The molecule has 0 unspecified atom stereocenters. The highest BCUT2D eigenvalue weighted by molar-refractivity contribution is 14.0. The summed E-state index contributed by atoms with van der Waals surface area (Å²) in [6, 6.07) is 14.3. The second-order valence-electron chi connectivity index (χ2n) is 7.71. The first-order chi connectivity index (χ1) is 15.2. The topological polar surface area (TPSA) is 85.1 Å². The number of hydrogen-bond acceptors (Lipinski definition) is 5. The molecule has 1 saturated heterocycles.